The van der Waals surface area contributed by atoms with Gasteiger partial charge >= 0.3 is 6.36 Å². The summed E-state index contributed by atoms with van der Waals surface area (Å²) in [6.45, 7) is 5.29. The van der Waals surface area contributed by atoms with Crippen molar-refractivity contribution in [1.82, 2.24) is 4.90 Å². The number of hydrogen-bond donors (Lipinski definition) is 1. The van der Waals surface area contributed by atoms with Crippen LogP contribution in [0.15, 0.2) is 24.3 Å². The van der Waals surface area contributed by atoms with E-state index < -0.39 is 6.36 Å². The number of nitrogens with one attached hydrogen (secondary N) is 1. The van der Waals surface area contributed by atoms with Gasteiger partial charge in [-0.2, -0.15) is 0 Å². The molecule has 1 N–H and O–H groups in total. The van der Waals surface area contributed by atoms with E-state index in [9.17, 15) is 18.0 Å². The minimum absolute atomic E-state index is 0.0727. The number of benzene rings is 1. The van der Waals surface area contributed by atoms with E-state index in [-0.39, 0.29) is 29.6 Å². The fourth-order valence-corrected chi connectivity index (χ4v) is 3.47. The molecule has 1 amide bonds. The number of carbonyl (C=O) groups excluding carboxylic acids is 1. The van der Waals surface area contributed by atoms with Crippen molar-refractivity contribution in [3.63, 3.8) is 0 Å². The zero-order chi connectivity index (χ0) is 19.3. The highest BCUT2D eigenvalue weighted by molar-refractivity contribution is 8.23. The number of rotatable bonds is 4. The van der Waals surface area contributed by atoms with Crippen LogP contribution in [0.3, 0.4) is 0 Å². The number of carbonyl (C=O) groups is 1. The summed E-state index contributed by atoms with van der Waals surface area (Å²) in [6.07, 6.45) is -4.60. The van der Waals surface area contributed by atoms with Crippen LogP contribution in [0, 0.1) is 0 Å². The van der Waals surface area contributed by atoms with Gasteiger partial charge in [-0.05, 0) is 38.1 Å². The first-order valence-electron chi connectivity index (χ1n) is 7.85. The highest BCUT2D eigenvalue weighted by Gasteiger charge is 2.31. The third kappa shape index (κ3) is 7.00. The molecule has 1 aliphatic rings. The van der Waals surface area contributed by atoms with Crippen LogP contribution in [0.25, 0.3) is 0 Å². The van der Waals surface area contributed by atoms with Crippen LogP contribution in [0.2, 0.25) is 0 Å². The molecule has 0 radical (unpaired) electrons. The van der Waals surface area contributed by atoms with E-state index in [2.05, 4.69) is 10.1 Å². The topological polar surface area (TPSA) is 50.8 Å². The van der Waals surface area contributed by atoms with Crippen molar-refractivity contribution in [1.29, 1.82) is 0 Å². The lowest BCUT2D eigenvalue weighted by Gasteiger charge is -2.36. The van der Waals surface area contributed by atoms with Gasteiger partial charge in [0, 0.05) is 18.8 Å². The van der Waals surface area contributed by atoms with Crippen molar-refractivity contribution in [3.05, 3.63) is 24.3 Å². The molecule has 5 nitrogen and oxygen atoms in total. The average molecular weight is 408 g/mol. The highest BCUT2D eigenvalue weighted by atomic mass is 32.2. The summed E-state index contributed by atoms with van der Waals surface area (Å²) in [5, 5.41) is 2.61. The number of morpholine rings is 1. The van der Waals surface area contributed by atoms with Crippen molar-refractivity contribution < 1.29 is 27.4 Å². The standard InChI is InChI=1S/C16H19F3N2O3S2/c1-10-7-21(8-11(2)23-10)15(25)26-9-14(22)20-12-3-5-13(6-4-12)24-16(17,18)19/h3-6,10-11H,7-9H2,1-2H3,(H,20,22)/t10-,11-/m1/s1. The van der Waals surface area contributed by atoms with Gasteiger partial charge in [-0.15, -0.1) is 13.2 Å². The van der Waals surface area contributed by atoms with Crippen LogP contribution >= 0.6 is 24.0 Å². The second-order valence-electron chi connectivity index (χ2n) is 5.84. The Labute approximate surface area is 159 Å². The molecular weight excluding hydrogens is 389 g/mol. The van der Waals surface area contributed by atoms with Crippen molar-refractivity contribution >= 4 is 39.9 Å². The molecule has 0 aliphatic carbocycles. The first-order valence-corrected chi connectivity index (χ1v) is 9.24. The zero-order valence-corrected chi connectivity index (χ0v) is 15.8. The fourth-order valence-electron chi connectivity index (χ4n) is 2.48. The molecule has 0 saturated carbocycles. The zero-order valence-electron chi connectivity index (χ0n) is 14.2. The molecule has 10 heteroatoms. The van der Waals surface area contributed by atoms with Gasteiger partial charge in [0.15, 0.2) is 0 Å². The number of hydrogen-bond acceptors (Lipinski definition) is 5. The highest BCUT2D eigenvalue weighted by Crippen LogP contribution is 2.24. The maximum Gasteiger partial charge on any atom is 0.573 e. The molecule has 0 unspecified atom stereocenters. The SMILES string of the molecule is C[C@@H]1CN(C(=S)SCC(=O)Nc2ccc(OC(F)(F)F)cc2)C[C@@H](C)O1. The Balaban J connectivity index is 1.78. The van der Waals surface area contributed by atoms with E-state index in [0.717, 1.165) is 12.1 Å². The Hall–Kier alpha value is -1.52. The van der Waals surface area contributed by atoms with E-state index >= 15 is 0 Å². The number of nitrogens with zero attached hydrogens (tertiary/aromatic N) is 1. The molecule has 1 saturated heterocycles. The molecule has 144 valence electrons. The minimum Gasteiger partial charge on any atom is -0.406 e. The third-order valence-corrected chi connectivity index (χ3v) is 4.90. The van der Waals surface area contributed by atoms with Gasteiger partial charge in [-0.25, -0.2) is 0 Å². The van der Waals surface area contributed by atoms with Crippen molar-refractivity contribution in [3.8, 4) is 5.75 Å². The first kappa shape index (κ1) is 20.8. The maximum atomic E-state index is 12.1. The molecule has 2 atom stereocenters. The number of thioether (sulfide) groups is 1. The Kier molecular flexibility index (Phi) is 7.13. The van der Waals surface area contributed by atoms with Gasteiger partial charge in [-0.1, -0.05) is 24.0 Å². The van der Waals surface area contributed by atoms with Crippen molar-refractivity contribution in [2.45, 2.75) is 32.4 Å². The number of anilines is 1. The van der Waals surface area contributed by atoms with Crippen LogP contribution in [0.1, 0.15) is 13.8 Å². The smallest absolute Gasteiger partial charge is 0.406 e. The van der Waals surface area contributed by atoms with E-state index in [1.807, 2.05) is 18.7 Å². The predicted molar refractivity (Wildman–Crippen MR) is 98.4 cm³/mol. The van der Waals surface area contributed by atoms with Crippen LogP contribution < -0.4 is 10.1 Å². The fraction of sp³-hybridized carbons (Fsp3) is 0.500. The number of ether oxygens (including phenoxy) is 2. The summed E-state index contributed by atoms with van der Waals surface area (Å²) >= 11 is 6.60. The second kappa shape index (κ2) is 8.92. The van der Waals surface area contributed by atoms with Crippen LogP contribution in [0.4, 0.5) is 18.9 Å². The minimum atomic E-state index is -4.74. The quantitative estimate of drug-likeness (QED) is 0.768. The average Bonchev–Trinajstić information content (AvgIpc) is 2.52. The van der Waals surface area contributed by atoms with Crippen LogP contribution in [-0.4, -0.2) is 52.5 Å². The van der Waals surface area contributed by atoms with Crippen LogP contribution in [0.5, 0.6) is 5.75 Å². The Morgan fingerprint density at radius 1 is 1.31 bits per heavy atom. The molecule has 1 heterocycles. The summed E-state index contributed by atoms with van der Waals surface area (Å²) in [5.41, 5.74) is 0.379. The molecule has 0 aromatic heterocycles. The Morgan fingerprint density at radius 3 is 2.42 bits per heavy atom. The third-order valence-electron chi connectivity index (χ3n) is 3.38. The van der Waals surface area contributed by atoms with Gasteiger partial charge in [0.2, 0.25) is 5.91 Å². The molecule has 1 aromatic carbocycles. The Bertz CT molecular complexity index is 631. The number of alkyl halides is 3. The van der Waals surface area contributed by atoms with Gasteiger partial charge in [-0.3, -0.25) is 4.79 Å². The lowest BCUT2D eigenvalue weighted by molar-refractivity contribution is -0.274. The van der Waals surface area contributed by atoms with E-state index in [0.29, 0.717) is 23.1 Å². The monoisotopic (exact) mass is 408 g/mol. The molecule has 26 heavy (non-hydrogen) atoms. The number of halogens is 3. The number of thiocarbonyl (C=S) groups is 1. The summed E-state index contributed by atoms with van der Waals surface area (Å²) in [4.78, 5) is 14.0. The summed E-state index contributed by atoms with van der Waals surface area (Å²) in [5.74, 6) is -0.530. The maximum absolute atomic E-state index is 12.1. The lowest BCUT2D eigenvalue weighted by Crippen LogP contribution is -2.47. The molecule has 1 fully saturated rings. The molecule has 0 bridgehead atoms. The van der Waals surface area contributed by atoms with Gasteiger partial charge in [0.25, 0.3) is 0 Å². The largest absolute Gasteiger partial charge is 0.573 e. The normalized spacial score (nSPS) is 20.6. The van der Waals surface area contributed by atoms with Gasteiger partial charge in [0.1, 0.15) is 10.1 Å². The van der Waals surface area contributed by atoms with E-state index in [1.54, 1.807) is 0 Å². The molecule has 2 rings (SSSR count). The van der Waals surface area contributed by atoms with Crippen molar-refractivity contribution in [2.24, 2.45) is 0 Å². The van der Waals surface area contributed by atoms with Gasteiger partial charge < -0.3 is 19.7 Å². The Morgan fingerprint density at radius 2 is 1.88 bits per heavy atom. The van der Waals surface area contributed by atoms with E-state index in [1.165, 1.54) is 23.9 Å². The molecule has 1 aliphatic heterocycles. The summed E-state index contributed by atoms with van der Waals surface area (Å²) in [6, 6.07) is 4.95. The molecule has 0 spiro atoms. The summed E-state index contributed by atoms with van der Waals surface area (Å²) < 4.78 is 46.4. The lowest BCUT2D eigenvalue weighted by atomic mass is 10.2. The molecular formula is C16H19F3N2O3S2. The first-order chi connectivity index (χ1) is 12.1. The van der Waals surface area contributed by atoms with Crippen LogP contribution in [-0.2, 0) is 9.53 Å². The van der Waals surface area contributed by atoms with Crippen molar-refractivity contribution in [2.75, 3.05) is 24.2 Å². The van der Waals surface area contributed by atoms with E-state index in [4.69, 9.17) is 17.0 Å². The second-order valence-corrected chi connectivity index (χ2v) is 7.45. The summed E-state index contributed by atoms with van der Waals surface area (Å²) in [7, 11) is 0. The van der Waals surface area contributed by atoms with Gasteiger partial charge in [0.05, 0.1) is 18.0 Å². The predicted octanol–water partition coefficient (Wildman–Crippen LogP) is 3.65. The number of amides is 1. The molecule has 1 aromatic rings.